The van der Waals surface area contributed by atoms with Crippen LogP contribution >= 0.6 is 11.6 Å². The molecule has 4 aromatic rings. The molecule has 2 N–H and O–H groups in total. The summed E-state index contributed by atoms with van der Waals surface area (Å²) in [6.07, 6.45) is -0.946. The van der Waals surface area contributed by atoms with Crippen molar-refractivity contribution in [2.75, 3.05) is 6.54 Å². The summed E-state index contributed by atoms with van der Waals surface area (Å²) in [5.74, 6) is -1.44. The molecule has 3 unspecified atom stereocenters. The summed E-state index contributed by atoms with van der Waals surface area (Å²) in [5.41, 5.74) is 5.94. The molecular weight excluding hydrogens is 500 g/mol. The number of hydrogen-bond donors (Lipinski definition) is 2. The van der Waals surface area contributed by atoms with E-state index in [0.29, 0.717) is 21.7 Å². The van der Waals surface area contributed by atoms with E-state index in [2.05, 4.69) is 5.48 Å². The van der Waals surface area contributed by atoms with Gasteiger partial charge in [0, 0.05) is 10.6 Å². The molecule has 0 saturated heterocycles. The number of hydrogen-bond acceptors (Lipinski definition) is 4. The first-order valence-electron chi connectivity index (χ1n) is 12.4. The van der Waals surface area contributed by atoms with Crippen LogP contribution in [0.4, 0.5) is 0 Å². The molecule has 1 aliphatic heterocycles. The molecule has 0 bridgehead atoms. The fourth-order valence-corrected chi connectivity index (χ4v) is 5.03. The van der Waals surface area contributed by atoms with E-state index >= 15 is 0 Å². The number of benzene rings is 4. The van der Waals surface area contributed by atoms with Crippen LogP contribution in [-0.2, 0) is 16.2 Å². The molecule has 0 aliphatic carbocycles. The molecular formula is C31H27ClN2O4. The van der Waals surface area contributed by atoms with Gasteiger partial charge in [0.15, 0.2) is 0 Å². The molecule has 0 fully saturated rings. The third kappa shape index (κ3) is 5.48. The van der Waals surface area contributed by atoms with Crippen molar-refractivity contribution in [2.24, 2.45) is 0 Å². The standard InChI is InChI=1S/C31H27ClN2O4/c32-24-17-15-23(16-18-24)29-28(30(36)33-38-20-21-9-3-1-4-10-21)25-13-7-8-14-26(25)31(37)34(29)19-27(35)22-11-5-2-6-12-22/h1-18,27-29,35H,19-20H2,(H,33,36). The molecule has 3 atom stereocenters. The molecule has 5 rings (SSSR count). The van der Waals surface area contributed by atoms with Crippen LogP contribution in [0, 0.1) is 0 Å². The molecule has 0 saturated carbocycles. The van der Waals surface area contributed by atoms with Gasteiger partial charge >= 0.3 is 0 Å². The average Bonchev–Trinajstić information content (AvgIpc) is 2.96. The molecule has 1 heterocycles. The fraction of sp³-hybridized carbons (Fsp3) is 0.161. The fourth-order valence-electron chi connectivity index (χ4n) is 4.90. The average molecular weight is 527 g/mol. The van der Waals surface area contributed by atoms with E-state index < -0.39 is 18.1 Å². The number of rotatable bonds is 8. The van der Waals surface area contributed by atoms with Gasteiger partial charge in [0.2, 0.25) is 0 Å². The van der Waals surface area contributed by atoms with Gasteiger partial charge < -0.3 is 10.0 Å². The highest BCUT2D eigenvalue weighted by molar-refractivity contribution is 6.30. The Balaban J connectivity index is 1.52. The van der Waals surface area contributed by atoms with Crippen molar-refractivity contribution in [2.45, 2.75) is 24.7 Å². The topological polar surface area (TPSA) is 78.9 Å². The number of aliphatic hydroxyl groups is 1. The maximum Gasteiger partial charge on any atom is 0.254 e. The second-order valence-corrected chi connectivity index (χ2v) is 9.62. The molecule has 0 spiro atoms. The maximum atomic E-state index is 13.8. The smallest absolute Gasteiger partial charge is 0.254 e. The first-order valence-corrected chi connectivity index (χ1v) is 12.7. The number of halogens is 1. The SMILES string of the molecule is O=C(NOCc1ccccc1)C1c2ccccc2C(=O)N(CC(O)c2ccccc2)C1c1ccc(Cl)cc1. The number of nitrogens with zero attached hydrogens (tertiary/aromatic N) is 1. The quantitative estimate of drug-likeness (QED) is 0.293. The largest absolute Gasteiger partial charge is 0.387 e. The summed E-state index contributed by atoms with van der Waals surface area (Å²) in [4.78, 5) is 34.7. The third-order valence-electron chi connectivity index (χ3n) is 6.74. The van der Waals surface area contributed by atoms with Gasteiger partial charge in [-0.3, -0.25) is 14.4 Å². The zero-order valence-corrected chi connectivity index (χ0v) is 21.3. The Hall–Kier alpha value is -3.97. The summed E-state index contributed by atoms with van der Waals surface area (Å²) in [6.45, 7) is 0.195. The Kier molecular flexibility index (Phi) is 7.84. The predicted octanol–water partition coefficient (Wildman–Crippen LogP) is 5.60. The van der Waals surface area contributed by atoms with E-state index in [0.717, 1.165) is 11.1 Å². The number of aliphatic hydroxyl groups excluding tert-OH is 1. The highest BCUT2D eigenvalue weighted by atomic mass is 35.5. The van der Waals surface area contributed by atoms with Crippen LogP contribution in [0.15, 0.2) is 109 Å². The van der Waals surface area contributed by atoms with Gasteiger partial charge in [0.1, 0.15) is 0 Å². The van der Waals surface area contributed by atoms with Gasteiger partial charge in [0.05, 0.1) is 31.2 Å². The highest BCUT2D eigenvalue weighted by Crippen LogP contribution is 2.43. The molecule has 6 nitrogen and oxygen atoms in total. The molecule has 4 aromatic carbocycles. The molecule has 7 heteroatoms. The van der Waals surface area contributed by atoms with Crippen LogP contribution in [0.25, 0.3) is 0 Å². The minimum atomic E-state index is -0.946. The normalized spacial score (nSPS) is 17.5. The zero-order valence-electron chi connectivity index (χ0n) is 20.5. The van der Waals surface area contributed by atoms with Crippen LogP contribution in [0.5, 0.6) is 0 Å². The lowest BCUT2D eigenvalue weighted by atomic mass is 9.79. The van der Waals surface area contributed by atoms with Crippen molar-refractivity contribution in [3.63, 3.8) is 0 Å². The summed E-state index contributed by atoms with van der Waals surface area (Å²) < 4.78 is 0. The van der Waals surface area contributed by atoms with Crippen LogP contribution in [0.1, 0.15) is 50.7 Å². The zero-order chi connectivity index (χ0) is 26.5. The molecule has 0 radical (unpaired) electrons. The Labute approximate surface area is 226 Å². The molecule has 192 valence electrons. The first-order chi connectivity index (χ1) is 18.5. The Morgan fingerprint density at radius 2 is 1.53 bits per heavy atom. The van der Waals surface area contributed by atoms with Crippen molar-refractivity contribution in [1.82, 2.24) is 10.4 Å². The van der Waals surface area contributed by atoms with Crippen LogP contribution < -0.4 is 5.48 Å². The van der Waals surface area contributed by atoms with Gasteiger partial charge in [0.25, 0.3) is 11.8 Å². The number of β-amino-alcohol motifs (C(OH)–C–C–N with tert-alkyl or cyclic N) is 1. The predicted molar refractivity (Wildman–Crippen MR) is 145 cm³/mol. The summed E-state index contributed by atoms with van der Waals surface area (Å²) in [5, 5.41) is 11.6. The van der Waals surface area contributed by atoms with Crippen molar-refractivity contribution in [1.29, 1.82) is 0 Å². The monoisotopic (exact) mass is 526 g/mol. The first kappa shape index (κ1) is 25.7. The van der Waals surface area contributed by atoms with Crippen LogP contribution in [-0.4, -0.2) is 28.4 Å². The van der Waals surface area contributed by atoms with Crippen molar-refractivity contribution >= 4 is 23.4 Å². The van der Waals surface area contributed by atoms with E-state index in [4.69, 9.17) is 16.4 Å². The second-order valence-electron chi connectivity index (χ2n) is 9.19. The Morgan fingerprint density at radius 3 is 2.24 bits per heavy atom. The van der Waals surface area contributed by atoms with E-state index in [1.807, 2.05) is 66.7 Å². The van der Waals surface area contributed by atoms with Crippen LogP contribution in [0.3, 0.4) is 0 Å². The van der Waals surface area contributed by atoms with Gasteiger partial charge in [-0.25, -0.2) is 5.48 Å². The number of carbonyl (C=O) groups is 2. The maximum absolute atomic E-state index is 13.8. The van der Waals surface area contributed by atoms with E-state index in [-0.39, 0.29) is 25.0 Å². The van der Waals surface area contributed by atoms with Gasteiger partial charge in [-0.1, -0.05) is 103 Å². The lowest BCUT2D eigenvalue weighted by Crippen LogP contribution is -2.48. The Bertz CT molecular complexity index is 1400. The van der Waals surface area contributed by atoms with Gasteiger partial charge in [-0.2, -0.15) is 0 Å². The van der Waals surface area contributed by atoms with E-state index in [1.54, 1.807) is 47.4 Å². The van der Waals surface area contributed by atoms with Gasteiger partial charge in [-0.05, 0) is 40.5 Å². The summed E-state index contributed by atoms with van der Waals surface area (Å²) in [7, 11) is 0. The number of hydroxylamine groups is 1. The summed E-state index contributed by atoms with van der Waals surface area (Å²) in [6, 6.07) is 32.1. The van der Waals surface area contributed by atoms with Gasteiger partial charge in [-0.15, -0.1) is 0 Å². The van der Waals surface area contributed by atoms with Crippen molar-refractivity contribution in [3.05, 3.63) is 142 Å². The number of amides is 2. The van der Waals surface area contributed by atoms with E-state index in [1.165, 1.54) is 0 Å². The molecule has 38 heavy (non-hydrogen) atoms. The summed E-state index contributed by atoms with van der Waals surface area (Å²) >= 11 is 6.17. The lowest BCUT2D eigenvalue weighted by Gasteiger charge is -2.42. The van der Waals surface area contributed by atoms with Crippen molar-refractivity contribution in [3.8, 4) is 0 Å². The molecule has 1 aliphatic rings. The number of carbonyl (C=O) groups excluding carboxylic acids is 2. The minimum absolute atomic E-state index is 0.000867. The molecule has 2 amide bonds. The highest BCUT2D eigenvalue weighted by Gasteiger charge is 2.44. The second kappa shape index (κ2) is 11.6. The number of fused-ring (bicyclic) bond motifs is 1. The third-order valence-corrected chi connectivity index (χ3v) is 6.99. The number of nitrogens with one attached hydrogen (secondary N) is 1. The van der Waals surface area contributed by atoms with E-state index in [9.17, 15) is 14.7 Å². The lowest BCUT2D eigenvalue weighted by molar-refractivity contribution is -0.138. The van der Waals surface area contributed by atoms with Crippen molar-refractivity contribution < 1.29 is 19.5 Å². The van der Waals surface area contributed by atoms with Crippen LogP contribution in [0.2, 0.25) is 5.02 Å². The Morgan fingerprint density at radius 1 is 0.895 bits per heavy atom. The minimum Gasteiger partial charge on any atom is -0.387 e. The molecule has 0 aromatic heterocycles.